The molecule has 4 atom stereocenters. The lowest BCUT2D eigenvalue weighted by atomic mass is 9.72. The Morgan fingerprint density at radius 2 is 1.85 bits per heavy atom. The summed E-state index contributed by atoms with van der Waals surface area (Å²) in [5.74, 6) is -0.773. The maximum absolute atomic E-state index is 13.3. The molecule has 4 nitrogen and oxygen atoms in total. The number of hydrogen-bond donors (Lipinski definition) is 0. The second-order valence-corrected chi connectivity index (χ2v) is 8.02. The molecular weight excluding hydrogens is 331 g/mol. The maximum atomic E-state index is 13.3. The zero-order valence-electron chi connectivity index (χ0n) is 15.3. The van der Waals surface area contributed by atoms with Gasteiger partial charge in [0.1, 0.15) is 5.82 Å². The van der Waals surface area contributed by atoms with Gasteiger partial charge < -0.3 is 9.47 Å². The molecule has 2 aliphatic carbocycles. The van der Waals surface area contributed by atoms with Gasteiger partial charge in [-0.2, -0.15) is 5.10 Å². The average Bonchev–Trinajstić information content (AvgIpc) is 3.22. The fourth-order valence-corrected chi connectivity index (χ4v) is 4.79. The Bertz CT molecular complexity index is 891. The molecule has 2 heterocycles. The molecule has 2 aromatic rings. The lowest BCUT2D eigenvalue weighted by Gasteiger charge is -2.42. The molecule has 1 aromatic heterocycles. The third kappa shape index (κ3) is 2.04. The van der Waals surface area contributed by atoms with E-state index in [0.29, 0.717) is 0 Å². The van der Waals surface area contributed by atoms with E-state index in [-0.39, 0.29) is 23.4 Å². The molecule has 3 aliphatic rings. The van der Waals surface area contributed by atoms with Crippen LogP contribution < -0.4 is 0 Å². The summed E-state index contributed by atoms with van der Waals surface area (Å²) in [7, 11) is 0. The normalized spacial score (nSPS) is 35.5. The van der Waals surface area contributed by atoms with Crippen molar-refractivity contribution in [3.63, 3.8) is 0 Å². The van der Waals surface area contributed by atoms with Gasteiger partial charge in [0.25, 0.3) is 0 Å². The number of nitrogens with zero attached hydrogens (tertiary/aromatic N) is 2. The van der Waals surface area contributed by atoms with Crippen LogP contribution >= 0.6 is 0 Å². The second kappa shape index (κ2) is 5.27. The molecule has 1 aromatic carbocycles. The molecule has 0 radical (unpaired) electrons. The quantitative estimate of drug-likeness (QED) is 0.767. The summed E-state index contributed by atoms with van der Waals surface area (Å²) in [4.78, 5) is 0. The summed E-state index contributed by atoms with van der Waals surface area (Å²) in [5, 5.41) is 4.57. The van der Waals surface area contributed by atoms with Crippen LogP contribution in [0.5, 0.6) is 0 Å². The highest BCUT2D eigenvalue weighted by molar-refractivity contribution is 5.62. The van der Waals surface area contributed by atoms with E-state index >= 15 is 0 Å². The summed E-state index contributed by atoms with van der Waals surface area (Å²) in [6.07, 6.45) is 7.07. The van der Waals surface area contributed by atoms with E-state index in [0.717, 1.165) is 30.6 Å². The summed E-state index contributed by atoms with van der Waals surface area (Å²) in [5.41, 5.74) is 4.32. The van der Waals surface area contributed by atoms with Gasteiger partial charge in [-0.05, 0) is 62.6 Å². The molecule has 1 saturated carbocycles. The highest BCUT2D eigenvalue weighted by Crippen LogP contribution is 2.60. The zero-order valence-corrected chi connectivity index (χ0v) is 15.3. The van der Waals surface area contributed by atoms with Crippen LogP contribution in [0, 0.1) is 11.2 Å². The van der Waals surface area contributed by atoms with Gasteiger partial charge >= 0.3 is 0 Å². The first-order chi connectivity index (χ1) is 12.4. The highest BCUT2D eigenvalue weighted by atomic mass is 19.1. The first kappa shape index (κ1) is 16.2. The standard InChI is InChI=1S/C21H23FN2O2/c1-13-14(2)26-21(25-13)9-8-16-10-19-15(11-20(16,21)3)12-23-24(19)18-6-4-17(22)5-7-18/h4-7,10,12-14H,8-9,11H2,1-3H3/t13-,14+,20-,21-/m0/s1. The molecule has 5 heteroatoms. The summed E-state index contributed by atoms with van der Waals surface area (Å²) in [6.45, 7) is 6.44. The lowest BCUT2D eigenvalue weighted by molar-refractivity contribution is -0.222. The Morgan fingerprint density at radius 3 is 2.54 bits per heavy atom. The molecule has 2 fully saturated rings. The van der Waals surface area contributed by atoms with Crippen molar-refractivity contribution in [2.45, 2.75) is 58.0 Å². The maximum Gasteiger partial charge on any atom is 0.178 e. The minimum atomic E-state index is -0.534. The van der Waals surface area contributed by atoms with Crippen molar-refractivity contribution in [1.82, 2.24) is 9.78 Å². The van der Waals surface area contributed by atoms with E-state index in [1.807, 2.05) is 10.9 Å². The number of aromatic nitrogens is 2. The number of hydrogen-bond acceptors (Lipinski definition) is 3. The van der Waals surface area contributed by atoms with Crippen LogP contribution in [-0.4, -0.2) is 27.8 Å². The van der Waals surface area contributed by atoms with E-state index in [4.69, 9.17) is 9.47 Å². The van der Waals surface area contributed by atoms with Crippen LogP contribution in [0.25, 0.3) is 11.8 Å². The fraction of sp³-hybridized carbons (Fsp3) is 0.476. The van der Waals surface area contributed by atoms with E-state index in [1.54, 1.807) is 12.1 Å². The van der Waals surface area contributed by atoms with Crippen molar-refractivity contribution in [1.29, 1.82) is 0 Å². The number of benzene rings is 1. The van der Waals surface area contributed by atoms with Crippen LogP contribution in [0.15, 0.2) is 36.0 Å². The molecule has 26 heavy (non-hydrogen) atoms. The van der Waals surface area contributed by atoms with Crippen molar-refractivity contribution in [3.8, 4) is 5.69 Å². The molecule has 1 spiro atoms. The van der Waals surface area contributed by atoms with Crippen LogP contribution in [0.2, 0.25) is 0 Å². The van der Waals surface area contributed by atoms with Crippen LogP contribution in [0.4, 0.5) is 4.39 Å². The molecule has 0 bridgehead atoms. The minimum Gasteiger partial charge on any atom is -0.343 e. The number of ether oxygens (including phenoxy) is 2. The van der Waals surface area contributed by atoms with Gasteiger partial charge in [0.2, 0.25) is 0 Å². The van der Waals surface area contributed by atoms with Gasteiger partial charge in [-0.25, -0.2) is 9.07 Å². The average molecular weight is 354 g/mol. The van der Waals surface area contributed by atoms with Crippen molar-refractivity contribution < 1.29 is 13.9 Å². The zero-order chi connectivity index (χ0) is 18.1. The molecule has 0 unspecified atom stereocenters. The van der Waals surface area contributed by atoms with Gasteiger partial charge in [0, 0.05) is 11.8 Å². The molecule has 136 valence electrons. The number of fused-ring (bicyclic) bond motifs is 3. The van der Waals surface area contributed by atoms with Gasteiger partial charge in [-0.1, -0.05) is 12.5 Å². The molecule has 0 amide bonds. The van der Waals surface area contributed by atoms with Gasteiger partial charge in [0.05, 0.1) is 29.8 Å². The van der Waals surface area contributed by atoms with E-state index in [2.05, 4.69) is 31.9 Å². The van der Waals surface area contributed by atoms with Crippen LogP contribution in [0.1, 0.15) is 44.9 Å². The second-order valence-electron chi connectivity index (χ2n) is 8.02. The van der Waals surface area contributed by atoms with Gasteiger partial charge in [0.15, 0.2) is 5.79 Å². The predicted octanol–water partition coefficient (Wildman–Crippen LogP) is 4.27. The van der Waals surface area contributed by atoms with Crippen LogP contribution in [0.3, 0.4) is 0 Å². The molecule has 0 N–H and O–H groups in total. The third-order valence-electron chi connectivity index (χ3n) is 6.50. The summed E-state index contributed by atoms with van der Waals surface area (Å²) in [6, 6.07) is 6.46. The Labute approximate surface area is 152 Å². The number of halogens is 1. The summed E-state index contributed by atoms with van der Waals surface area (Å²) < 4.78 is 27.9. The van der Waals surface area contributed by atoms with Crippen LogP contribution in [-0.2, 0) is 15.9 Å². The van der Waals surface area contributed by atoms with E-state index in [1.165, 1.54) is 23.3 Å². The van der Waals surface area contributed by atoms with Crippen molar-refractivity contribution in [3.05, 3.63) is 53.1 Å². The Morgan fingerprint density at radius 1 is 1.15 bits per heavy atom. The molecule has 1 aliphatic heterocycles. The Kier molecular flexibility index (Phi) is 3.29. The molecule has 5 rings (SSSR count). The van der Waals surface area contributed by atoms with Crippen molar-refractivity contribution >= 4 is 6.08 Å². The topological polar surface area (TPSA) is 36.3 Å². The van der Waals surface area contributed by atoms with Crippen molar-refractivity contribution in [2.75, 3.05) is 0 Å². The SMILES string of the molecule is C[C@@H]1O[C@@]2(CCC3=Cc4c(cnn4-c4ccc(F)cc4)C[C@@]32C)O[C@@H]1C. The Balaban J connectivity index is 1.57. The molecule has 1 saturated heterocycles. The monoisotopic (exact) mass is 354 g/mol. The fourth-order valence-electron chi connectivity index (χ4n) is 4.79. The lowest BCUT2D eigenvalue weighted by Crippen LogP contribution is -2.46. The molecular formula is C21H23FN2O2. The third-order valence-corrected chi connectivity index (χ3v) is 6.50. The first-order valence-corrected chi connectivity index (χ1v) is 9.31. The van der Waals surface area contributed by atoms with Gasteiger partial charge in [-0.3, -0.25) is 0 Å². The van der Waals surface area contributed by atoms with E-state index in [9.17, 15) is 4.39 Å². The minimum absolute atomic E-state index is 0.106. The predicted molar refractivity (Wildman–Crippen MR) is 96.4 cm³/mol. The van der Waals surface area contributed by atoms with E-state index < -0.39 is 5.79 Å². The smallest absolute Gasteiger partial charge is 0.178 e. The van der Waals surface area contributed by atoms with Crippen molar-refractivity contribution in [2.24, 2.45) is 5.41 Å². The first-order valence-electron chi connectivity index (χ1n) is 9.31. The highest BCUT2D eigenvalue weighted by Gasteiger charge is 2.62. The Hall–Kier alpha value is -1.98. The summed E-state index contributed by atoms with van der Waals surface area (Å²) >= 11 is 0. The van der Waals surface area contributed by atoms with Gasteiger partial charge in [-0.15, -0.1) is 0 Å². The largest absolute Gasteiger partial charge is 0.343 e. The number of rotatable bonds is 1.